The Morgan fingerprint density at radius 1 is 0.833 bits per heavy atom. The van der Waals surface area contributed by atoms with E-state index in [-0.39, 0.29) is 17.9 Å². The van der Waals surface area contributed by atoms with Crippen molar-refractivity contribution in [2.75, 3.05) is 10.6 Å². The summed E-state index contributed by atoms with van der Waals surface area (Å²) < 4.78 is 5.64. The minimum absolute atomic E-state index is 0.0405. The topological polar surface area (TPSA) is 67.4 Å². The third-order valence-corrected chi connectivity index (χ3v) is 4.38. The van der Waals surface area contributed by atoms with Crippen molar-refractivity contribution >= 4 is 23.2 Å². The summed E-state index contributed by atoms with van der Waals surface area (Å²) in [5.74, 6) is 0.396. The Kier molecular flexibility index (Phi) is 7.22. The molecule has 2 N–H and O–H groups in total. The summed E-state index contributed by atoms with van der Waals surface area (Å²) in [4.78, 5) is 24.6. The highest BCUT2D eigenvalue weighted by atomic mass is 16.5. The van der Waals surface area contributed by atoms with Crippen molar-refractivity contribution in [3.05, 3.63) is 90.0 Å². The van der Waals surface area contributed by atoms with E-state index in [0.29, 0.717) is 35.5 Å². The van der Waals surface area contributed by atoms with Gasteiger partial charge in [-0.3, -0.25) is 9.59 Å². The zero-order chi connectivity index (χ0) is 21.3. The Morgan fingerprint density at radius 2 is 1.50 bits per heavy atom. The summed E-state index contributed by atoms with van der Waals surface area (Å²) in [5, 5.41) is 5.74. The largest absolute Gasteiger partial charge is 0.491 e. The zero-order valence-corrected chi connectivity index (χ0v) is 17.2. The lowest BCUT2D eigenvalue weighted by molar-refractivity contribution is -0.116. The van der Waals surface area contributed by atoms with E-state index in [1.54, 1.807) is 42.5 Å². The third-order valence-electron chi connectivity index (χ3n) is 4.38. The first-order valence-corrected chi connectivity index (χ1v) is 10.0. The summed E-state index contributed by atoms with van der Waals surface area (Å²) in [5.41, 5.74) is 3.00. The minimum atomic E-state index is -0.219. The quantitative estimate of drug-likeness (QED) is 0.537. The van der Waals surface area contributed by atoms with Gasteiger partial charge in [0.1, 0.15) is 5.75 Å². The van der Waals surface area contributed by atoms with Crippen LogP contribution in [0.3, 0.4) is 0 Å². The first-order valence-electron chi connectivity index (χ1n) is 10.0. The molecule has 3 rings (SSSR count). The van der Waals surface area contributed by atoms with Crippen LogP contribution in [-0.2, 0) is 11.2 Å². The highest BCUT2D eigenvalue weighted by molar-refractivity contribution is 6.04. The van der Waals surface area contributed by atoms with Crippen LogP contribution >= 0.6 is 0 Å². The van der Waals surface area contributed by atoms with Crippen molar-refractivity contribution in [2.45, 2.75) is 32.8 Å². The molecule has 0 aromatic heterocycles. The minimum Gasteiger partial charge on any atom is -0.491 e. The van der Waals surface area contributed by atoms with E-state index in [0.717, 1.165) is 5.56 Å². The SMILES string of the molecule is CC(C)Oc1cccc(C(=O)Nc2ccc(NC(=O)CCc3ccccc3)cc2)c1. The maximum Gasteiger partial charge on any atom is 0.255 e. The molecule has 154 valence electrons. The first-order chi connectivity index (χ1) is 14.5. The third kappa shape index (κ3) is 6.48. The molecule has 0 fully saturated rings. The summed E-state index contributed by atoms with van der Waals surface area (Å²) in [7, 11) is 0. The molecule has 0 saturated carbocycles. The van der Waals surface area contributed by atoms with Crippen molar-refractivity contribution in [1.29, 1.82) is 0 Å². The number of nitrogens with one attached hydrogen (secondary N) is 2. The predicted octanol–water partition coefficient (Wildman–Crippen LogP) is 5.30. The number of aryl methyl sites for hydroxylation is 1. The van der Waals surface area contributed by atoms with Crippen LogP contribution in [0.25, 0.3) is 0 Å². The van der Waals surface area contributed by atoms with E-state index >= 15 is 0 Å². The van der Waals surface area contributed by atoms with Crippen molar-refractivity contribution < 1.29 is 14.3 Å². The van der Waals surface area contributed by atoms with Gasteiger partial charge in [0.2, 0.25) is 5.91 Å². The van der Waals surface area contributed by atoms with E-state index in [4.69, 9.17) is 4.74 Å². The maximum absolute atomic E-state index is 12.5. The molecule has 3 aromatic rings. The molecule has 5 heteroatoms. The van der Waals surface area contributed by atoms with E-state index in [9.17, 15) is 9.59 Å². The molecule has 5 nitrogen and oxygen atoms in total. The second-order valence-corrected chi connectivity index (χ2v) is 7.26. The molecule has 0 bridgehead atoms. The van der Waals surface area contributed by atoms with Gasteiger partial charge in [0.05, 0.1) is 6.10 Å². The van der Waals surface area contributed by atoms with Gasteiger partial charge in [-0.15, -0.1) is 0 Å². The summed E-state index contributed by atoms with van der Waals surface area (Å²) >= 11 is 0. The van der Waals surface area contributed by atoms with E-state index in [2.05, 4.69) is 10.6 Å². The molecule has 0 heterocycles. The molecule has 0 spiro atoms. The van der Waals surface area contributed by atoms with Gasteiger partial charge in [-0.1, -0.05) is 36.4 Å². The van der Waals surface area contributed by atoms with Crippen LogP contribution < -0.4 is 15.4 Å². The van der Waals surface area contributed by atoms with Gasteiger partial charge in [0.15, 0.2) is 0 Å². The molecule has 0 aliphatic rings. The Bertz CT molecular complexity index is 983. The van der Waals surface area contributed by atoms with Gasteiger partial charge < -0.3 is 15.4 Å². The van der Waals surface area contributed by atoms with Crippen LogP contribution in [0.4, 0.5) is 11.4 Å². The Labute approximate surface area is 177 Å². The fourth-order valence-electron chi connectivity index (χ4n) is 2.95. The summed E-state index contributed by atoms with van der Waals surface area (Å²) in [6, 6.07) is 24.1. The van der Waals surface area contributed by atoms with Crippen molar-refractivity contribution in [1.82, 2.24) is 0 Å². The standard InChI is InChI=1S/C25H26N2O3/c1-18(2)30-23-10-6-9-20(17-23)25(29)27-22-14-12-21(13-15-22)26-24(28)16-11-19-7-4-3-5-8-19/h3-10,12-15,17-18H,11,16H2,1-2H3,(H,26,28)(H,27,29). The molecule has 0 unspecified atom stereocenters. The smallest absolute Gasteiger partial charge is 0.255 e. The van der Waals surface area contributed by atoms with Crippen molar-refractivity contribution in [3.8, 4) is 5.75 Å². The molecule has 0 aliphatic carbocycles. The number of benzene rings is 3. The fourth-order valence-corrected chi connectivity index (χ4v) is 2.95. The van der Waals surface area contributed by atoms with Gasteiger partial charge in [-0.2, -0.15) is 0 Å². The second-order valence-electron chi connectivity index (χ2n) is 7.26. The Morgan fingerprint density at radius 3 is 2.17 bits per heavy atom. The zero-order valence-electron chi connectivity index (χ0n) is 17.2. The average Bonchev–Trinajstić information content (AvgIpc) is 2.74. The van der Waals surface area contributed by atoms with Gasteiger partial charge in [-0.25, -0.2) is 0 Å². The molecule has 3 aromatic carbocycles. The number of ether oxygens (including phenoxy) is 1. The number of carbonyl (C=O) groups excluding carboxylic acids is 2. The number of carbonyl (C=O) groups is 2. The lowest BCUT2D eigenvalue weighted by Crippen LogP contribution is -2.14. The van der Waals surface area contributed by atoms with Gasteiger partial charge in [0.25, 0.3) is 5.91 Å². The lowest BCUT2D eigenvalue weighted by Gasteiger charge is -2.11. The van der Waals surface area contributed by atoms with Gasteiger partial charge in [0, 0.05) is 23.4 Å². The summed E-state index contributed by atoms with van der Waals surface area (Å²) in [6.07, 6.45) is 1.15. The molecule has 0 radical (unpaired) electrons. The van der Waals surface area contributed by atoms with Gasteiger partial charge in [-0.05, 0) is 68.3 Å². The second kappa shape index (κ2) is 10.3. The molecule has 2 amide bonds. The molecule has 30 heavy (non-hydrogen) atoms. The number of hydrogen-bond acceptors (Lipinski definition) is 3. The first kappa shape index (κ1) is 21.1. The van der Waals surface area contributed by atoms with Crippen LogP contribution in [0.5, 0.6) is 5.75 Å². The molecule has 0 atom stereocenters. The van der Waals surface area contributed by atoms with Crippen LogP contribution in [-0.4, -0.2) is 17.9 Å². The molecular formula is C25H26N2O3. The molecule has 0 aliphatic heterocycles. The highest BCUT2D eigenvalue weighted by Gasteiger charge is 2.09. The van der Waals surface area contributed by atoms with E-state index < -0.39 is 0 Å². The fraction of sp³-hybridized carbons (Fsp3) is 0.200. The van der Waals surface area contributed by atoms with Crippen molar-refractivity contribution in [3.63, 3.8) is 0 Å². The highest BCUT2D eigenvalue weighted by Crippen LogP contribution is 2.18. The van der Waals surface area contributed by atoms with Crippen LogP contribution in [0, 0.1) is 0 Å². The summed E-state index contributed by atoms with van der Waals surface area (Å²) in [6.45, 7) is 3.88. The normalized spacial score (nSPS) is 10.5. The van der Waals surface area contributed by atoms with Crippen LogP contribution in [0.2, 0.25) is 0 Å². The molecular weight excluding hydrogens is 376 g/mol. The van der Waals surface area contributed by atoms with Crippen molar-refractivity contribution in [2.24, 2.45) is 0 Å². The number of anilines is 2. The van der Waals surface area contributed by atoms with Crippen LogP contribution in [0.15, 0.2) is 78.9 Å². The maximum atomic E-state index is 12.5. The Balaban J connectivity index is 1.52. The predicted molar refractivity (Wildman–Crippen MR) is 120 cm³/mol. The lowest BCUT2D eigenvalue weighted by atomic mass is 10.1. The van der Waals surface area contributed by atoms with Gasteiger partial charge >= 0.3 is 0 Å². The average molecular weight is 402 g/mol. The Hall–Kier alpha value is -3.60. The number of amides is 2. The monoisotopic (exact) mass is 402 g/mol. The van der Waals surface area contributed by atoms with Crippen LogP contribution in [0.1, 0.15) is 36.2 Å². The van der Waals surface area contributed by atoms with E-state index in [1.807, 2.05) is 50.2 Å². The molecule has 0 saturated heterocycles. The van der Waals surface area contributed by atoms with E-state index in [1.165, 1.54) is 0 Å². The number of hydrogen-bond donors (Lipinski definition) is 2. The number of rotatable bonds is 8.